The van der Waals surface area contributed by atoms with Gasteiger partial charge in [-0.15, -0.1) is 0 Å². The van der Waals surface area contributed by atoms with Crippen molar-refractivity contribution in [3.63, 3.8) is 0 Å². The molecule has 1 amide bonds. The highest BCUT2D eigenvalue weighted by atomic mass is 16.2. The van der Waals surface area contributed by atoms with Gasteiger partial charge in [-0.25, -0.2) is 9.97 Å². The van der Waals surface area contributed by atoms with E-state index in [1.165, 1.54) is 12.8 Å². The fourth-order valence-electron chi connectivity index (χ4n) is 4.37. The lowest BCUT2D eigenvalue weighted by Crippen LogP contribution is -2.39. The van der Waals surface area contributed by atoms with Gasteiger partial charge in [0, 0.05) is 69.8 Å². The van der Waals surface area contributed by atoms with Gasteiger partial charge in [0.15, 0.2) is 0 Å². The maximum absolute atomic E-state index is 12.6. The van der Waals surface area contributed by atoms with Crippen LogP contribution in [0.25, 0.3) is 0 Å². The second kappa shape index (κ2) is 6.82. The first-order chi connectivity index (χ1) is 12.2. The van der Waals surface area contributed by atoms with E-state index in [-0.39, 0.29) is 5.91 Å². The van der Waals surface area contributed by atoms with Crippen LogP contribution in [0, 0.1) is 11.8 Å². The zero-order valence-electron chi connectivity index (χ0n) is 14.5. The number of imidazole rings is 1. The second-order valence-corrected chi connectivity index (χ2v) is 7.09. The Morgan fingerprint density at radius 2 is 2.16 bits per heavy atom. The molecule has 1 aliphatic carbocycles. The number of likely N-dealkylation sites (tertiary alicyclic amines) is 1. The highest BCUT2D eigenvalue weighted by molar-refractivity contribution is 5.76. The van der Waals surface area contributed by atoms with Crippen molar-refractivity contribution in [3.05, 3.63) is 37.3 Å². The fourth-order valence-corrected chi connectivity index (χ4v) is 4.37. The van der Waals surface area contributed by atoms with Crippen molar-refractivity contribution in [3.8, 4) is 0 Å². The van der Waals surface area contributed by atoms with Crippen molar-refractivity contribution in [2.45, 2.75) is 31.8 Å². The zero-order chi connectivity index (χ0) is 17.2. The topological polar surface area (TPSA) is 67.2 Å². The van der Waals surface area contributed by atoms with E-state index < -0.39 is 0 Å². The molecule has 1 saturated heterocycles. The van der Waals surface area contributed by atoms with Crippen molar-refractivity contribution in [1.82, 2.24) is 24.4 Å². The molecule has 0 unspecified atom stereocenters. The highest BCUT2D eigenvalue weighted by Crippen LogP contribution is 2.41. The third-order valence-electron chi connectivity index (χ3n) is 5.72. The number of carbonyl (C=O) groups excluding carboxylic acids is 1. The first-order valence-electron chi connectivity index (χ1n) is 8.94. The molecule has 0 aromatic carbocycles. The summed E-state index contributed by atoms with van der Waals surface area (Å²) in [6.07, 6.45) is 13.6. The number of amides is 1. The SMILES string of the molecule is CN(c1cnccn1)[C@@H]1CC[C@@H]2CN(C(=O)CCn3ccnc3)C[C@@H]21. The third kappa shape index (κ3) is 3.23. The summed E-state index contributed by atoms with van der Waals surface area (Å²) >= 11 is 0. The number of anilines is 1. The van der Waals surface area contributed by atoms with Gasteiger partial charge in [-0.1, -0.05) is 0 Å². The van der Waals surface area contributed by atoms with E-state index in [9.17, 15) is 4.79 Å². The fraction of sp³-hybridized carbons (Fsp3) is 0.556. The van der Waals surface area contributed by atoms with Crippen LogP contribution in [-0.4, -0.2) is 56.5 Å². The number of aromatic nitrogens is 4. The van der Waals surface area contributed by atoms with Gasteiger partial charge in [0.25, 0.3) is 0 Å². The Kier molecular flexibility index (Phi) is 4.38. The summed E-state index contributed by atoms with van der Waals surface area (Å²) in [5, 5.41) is 0. The molecule has 2 aromatic rings. The lowest BCUT2D eigenvalue weighted by Gasteiger charge is -2.30. The van der Waals surface area contributed by atoms with E-state index in [1.807, 2.05) is 17.0 Å². The van der Waals surface area contributed by atoms with Crippen LogP contribution >= 0.6 is 0 Å². The molecular formula is C18H24N6O. The molecule has 7 nitrogen and oxygen atoms in total. The van der Waals surface area contributed by atoms with Crippen molar-refractivity contribution in [2.75, 3.05) is 25.0 Å². The normalized spacial score (nSPS) is 25.2. The van der Waals surface area contributed by atoms with E-state index in [2.05, 4.69) is 31.8 Å². The van der Waals surface area contributed by atoms with Crippen molar-refractivity contribution in [2.24, 2.45) is 11.8 Å². The van der Waals surface area contributed by atoms with Gasteiger partial charge in [0.2, 0.25) is 5.91 Å². The van der Waals surface area contributed by atoms with Gasteiger partial charge in [-0.2, -0.15) is 0 Å². The standard InChI is InChI=1S/C18H24N6O/c1-22(17-10-19-5-6-21-17)16-3-2-14-11-24(12-15(14)16)18(25)4-8-23-9-7-20-13-23/h5-7,9-10,13-16H,2-4,8,11-12H2,1H3/t14-,15+,16-/m1/s1. The summed E-state index contributed by atoms with van der Waals surface area (Å²) in [6.45, 7) is 2.47. The predicted octanol–water partition coefficient (Wildman–Crippen LogP) is 1.44. The Bertz CT molecular complexity index is 704. The lowest BCUT2D eigenvalue weighted by molar-refractivity contribution is -0.130. The van der Waals surface area contributed by atoms with E-state index in [0.717, 1.165) is 18.9 Å². The molecular weight excluding hydrogens is 316 g/mol. The maximum atomic E-state index is 12.6. The number of aryl methyl sites for hydroxylation is 1. The van der Waals surface area contributed by atoms with Gasteiger partial charge >= 0.3 is 0 Å². The highest BCUT2D eigenvalue weighted by Gasteiger charge is 2.45. The molecule has 0 radical (unpaired) electrons. The number of hydrogen-bond donors (Lipinski definition) is 0. The van der Waals surface area contributed by atoms with Gasteiger partial charge in [0.05, 0.1) is 12.5 Å². The van der Waals surface area contributed by atoms with E-state index in [0.29, 0.717) is 30.8 Å². The smallest absolute Gasteiger partial charge is 0.224 e. The Morgan fingerprint density at radius 3 is 2.92 bits per heavy atom. The molecule has 0 N–H and O–H groups in total. The van der Waals surface area contributed by atoms with Crippen LogP contribution in [0.3, 0.4) is 0 Å². The summed E-state index contributed by atoms with van der Waals surface area (Å²) in [5.74, 6) is 2.31. The predicted molar refractivity (Wildman–Crippen MR) is 93.9 cm³/mol. The Balaban J connectivity index is 1.37. The summed E-state index contributed by atoms with van der Waals surface area (Å²) in [6, 6.07) is 0.438. The maximum Gasteiger partial charge on any atom is 0.224 e. The van der Waals surface area contributed by atoms with Crippen LogP contribution in [0.4, 0.5) is 5.82 Å². The molecule has 25 heavy (non-hydrogen) atoms. The second-order valence-electron chi connectivity index (χ2n) is 7.09. The largest absolute Gasteiger partial charge is 0.355 e. The Hall–Kier alpha value is -2.44. The molecule has 0 spiro atoms. The minimum Gasteiger partial charge on any atom is -0.355 e. The van der Waals surface area contributed by atoms with Gasteiger partial charge in [0.1, 0.15) is 5.82 Å². The van der Waals surface area contributed by atoms with Crippen molar-refractivity contribution >= 4 is 11.7 Å². The van der Waals surface area contributed by atoms with Crippen LogP contribution in [0.1, 0.15) is 19.3 Å². The first-order valence-corrected chi connectivity index (χ1v) is 8.94. The Morgan fingerprint density at radius 1 is 1.24 bits per heavy atom. The molecule has 4 rings (SSSR count). The quantitative estimate of drug-likeness (QED) is 0.824. The van der Waals surface area contributed by atoms with Crippen LogP contribution < -0.4 is 4.90 Å². The summed E-state index contributed by atoms with van der Waals surface area (Å²) < 4.78 is 1.96. The van der Waals surface area contributed by atoms with Crippen LogP contribution in [0.5, 0.6) is 0 Å². The van der Waals surface area contributed by atoms with Crippen molar-refractivity contribution in [1.29, 1.82) is 0 Å². The van der Waals surface area contributed by atoms with E-state index in [1.54, 1.807) is 24.9 Å². The number of rotatable bonds is 5. The average Bonchev–Trinajstić information content (AvgIpc) is 3.36. The van der Waals surface area contributed by atoms with Gasteiger partial charge < -0.3 is 14.4 Å². The number of fused-ring (bicyclic) bond motifs is 1. The number of nitrogens with zero attached hydrogens (tertiary/aromatic N) is 6. The molecule has 2 fully saturated rings. The summed E-state index contributed by atoms with van der Waals surface area (Å²) in [4.78, 5) is 29.5. The molecule has 2 aliphatic rings. The number of hydrogen-bond acceptors (Lipinski definition) is 5. The molecule has 3 heterocycles. The first kappa shape index (κ1) is 16.1. The van der Waals surface area contributed by atoms with Crippen LogP contribution in [0.15, 0.2) is 37.3 Å². The molecule has 132 valence electrons. The van der Waals surface area contributed by atoms with Crippen molar-refractivity contribution < 1.29 is 4.79 Å². The molecule has 2 aromatic heterocycles. The molecule has 7 heteroatoms. The Labute approximate surface area is 147 Å². The van der Waals surface area contributed by atoms with Crippen LogP contribution in [-0.2, 0) is 11.3 Å². The third-order valence-corrected chi connectivity index (χ3v) is 5.72. The van der Waals surface area contributed by atoms with Gasteiger partial charge in [-0.05, 0) is 18.8 Å². The van der Waals surface area contributed by atoms with E-state index in [4.69, 9.17) is 0 Å². The molecule has 3 atom stereocenters. The number of carbonyl (C=O) groups is 1. The monoisotopic (exact) mass is 340 g/mol. The molecule has 1 saturated carbocycles. The van der Waals surface area contributed by atoms with Gasteiger partial charge in [-0.3, -0.25) is 9.78 Å². The minimum atomic E-state index is 0.254. The molecule has 1 aliphatic heterocycles. The van der Waals surface area contributed by atoms with E-state index >= 15 is 0 Å². The minimum absolute atomic E-state index is 0.254. The van der Waals surface area contributed by atoms with Crippen LogP contribution in [0.2, 0.25) is 0 Å². The lowest BCUT2D eigenvalue weighted by atomic mass is 9.97. The molecule has 0 bridgehead atoms. The average molecular weight is 340 g/mol. The zero-order valence-corrected chi connectivity index (χ0v) is 14.5. The summed E-state index contributed by atoms with van der Waals surface area (Å²) in [5.41, 5.74) is 0. The summed E-state index contributed by atoms with van der Waals surface area (Å²) in [7, 11) is 2.10.